The number of hydrogen-bond donors (Lipinski definition) is 2. The van der Waals surface area contributed by atoms with Gasteiger partial charge in [0.25, 0.3) is 0 Å². The SMILES string of the molecule is Cc1cc(NC(=O)CN(Cc2nccs2)[C@@H]2CC23CCNCC3)no1. The van der Waals surface area contributed by atoms with E-state index in [-0.39, 0.29) is 5.91 Å². The number of anilines is 1. The smallest absolute Gasteiger partial charge is 0.239 e. The highest BCUT2D eigenvalue weighted by Gasteiger charge is 2.56. The maximum absolute atomic E-state index is 12.5. The molecule has 0 unspecified atom stereocenters. The van der Waals surface area contributed by atoms with Gasteiger partial charge in [-0.1, -0.05) is 5.16 Å². The summed E-state index contributed by atoms with van der Waals surface area (Å²) in [5.74, 6) is 1.11. The average Bonchev–Trinajstić information content (AvgIpc) is 2.93. The van der Waals surface area contributed by atoms with Gasteiger partial charge in [-0.3, -0.25) is 9.69 Å². The molecule has 1 amide bonds. The Labute approximate surface area is 150 Å². The Hall–Kier alpha value is -1.77. The van der Waals surface area contributed by atoms with E-state index in [1.54, 1.807) is 17.4 Å². The summed E-state index contributed by atoms with van der Waals surface area (Å²) in [4.78, 5) is 19.2. The number of hydrogen-bond acceptors (Lipinski definition) is 7. The molecule has 1 saturated heterocycles. The lowest BCUT2D eigenvalue weighted by Gasteiger charge is -2.28. The van der Waals surface area contributed by atoms with Crippen molar-refractivity contribution in [1.29, 1.82) is 0 Å². The highest BCUT2D eigenvalue weighted by molar-refractivity contribution is 7.09. The van der Waals surface area contributed by atoms with Gasteiger partial charge in [0, 0.05) is 23.7 Å². The first-order valence-corrected chi connectivity index (χ1v) is 9.59. The average molecular weight is 361 g/mol. The van der Waals surface area contributed by atoms with Crippen LogP contribution in [0.1, 0.15) is 30.0 Å². The minimum atomic E-state index is -0.0548. The molecule has 2 aromatic rings. The first kappa shape index (κ1) is 16.7. The van der Waals surface area contributed by atoms with Gasteiger partial charge in [-0.05, 0) is 44.7 Å². The van der Waals surface area contributed by atoms with Gasteiger partial charge in [0.2, 0.25) is 5.91 Å². The Bertz CT molecular complexity index is 723. The predicted molar refractivity (Wildman–Crippen MR) is 95.3 cm³/mol. The van der Waals surface area contributed by atoms with Crippen LogP contribution in [0, 0.1) is 12.3 Å². The van der Waals surface area contributed by atoms with Crippen molar-refractivity contribution in [3.05, 3.63) is 28.4 Å². The molecule has 25 heavy (non-hydrogen) atoms. The molecule has 2 fully saturated rings. The molecule has 0 bridgehead atoms. The minimum Gasteiger partial charge on any atom is -0.360 e. The van der Waals surface area contributed by atoms with E-state index < -0.39 is 0 Å². The third kappa shape index (κ3) is 3.75. The number of piperidine rings is 1. The van der Waals surface area contributed by atoms with Crippen molar-refractivity contribution in [3.63, 3.8) is 0 Å². The Morgan fingerprint density at radius 1 is 1.52 bits per heavy atom. The van der Waals surface area contributed by atoms with Gasteiger partial charge in [0.1, 0.15) is 10.8 Å². The molecule has 3 heterocycles. The first-order valence-electron chi connectivity index (χ1n) is 8.71. The molecule has 2 aliphatic rings. The zero-order valence-electron chi connectivity index (χ0n) is 14.3. The largest absolute Gasteiger partial charge is 0.360 e. The Kier molecular flexibility index (Phi) is 4.58. The summed E-state index contributed by atoms with van der Waals surface area (Å²) in [6.07, 6.45) is 5.38. The number of aromatic nitrogens is 2. The zero-order valence-corrected chi connectivity index (χ0v) is 15.1. The van der Waals surface area contributed by atoms with E-state index in [0.29, 0.717) is 29.6 Å². The Morgan fingerprint density at radius 3 is 3.04 bits per heavy atom. The fourth-order valence-corrected chi connectivity index (χ4v) is 4.52. The van der Waals surface area contributed by atoms with Crippen LogP contribution in [0.2, 0.25) is 0 Å². The number of carbonyl (C=O) groups excluding carboxylic acids is 1. The lowest BCUT2D eigenvalue weighted by Crippen LogP contribution is -2.39. The normalized spacial score (nSPS) is 21.6. The summed E-state index contributed by atoms with van der Waals surface area (Å²) in [6.45, 7) is 5.04. The summed E-state index contributed by atoms with van der Waals surface area (Å²) >= 11 is 1.64. The van der Waals surface area contributed by atoms with Crippen molar-refractivity contribution in [1.82, 2.24) is 20.4 Å². The predicted octanol–water partition coefficient (Wildman–Crippen LogP) is 2.02. The summed E-state index contributed by atoms with van der Waals surface area (Å²) in [5, 5.41) is 13.1. The molecule has 1 atom stereocenters. The molecule has 8 heteroatoms. The highest BCUT2D eigenvalue weighted by Crippen LogP contribution is 2.55. The molecule has 0 radical (unpaired) electrons. The third-order valence-electron chi connectivity index (χ3n) is 5.25. The molecule has 1 aliphatic heterocycles. The second-order valence-electron chi connectivity index (χ2n) is 7.03. The van der Waals surface area contributed by atoms with Crippen molar-refractivity contribution in [2.45, 2.75) is 38.8 Å². The van der Waals surface area contributed by atoms with Gasteiger partial charge in [0.15, 0.2) is 5.82 Å². The third-order valence-corrected chi connectivity index (χ3v) is 6.02. The van der Waals surface area contributed by atoms with E-state index in [9.17, 15) is 4.79 Å². The van der Waals surface area contributed by atoms with E-state index in [1.165, 1.54) is 19.3 Å². The summed E-state index contributed by atoms with van der Waals surface area (Å²) in [5.41, 5.74) is 0.382. The van der Waals surface area contributed by atoms with Crippen molar-refractivity contribution < 1.29 is 9.32 Å². The van der Waals surface area contributed by atoms with Gasteiger partial charge in [-0.2, -0.15) is 0 Å². The van der Waals surface area contributed by atoms with Crippen LogP contribution in [0.15, 0.2) is 22.2 Å². The van der Waals surface area contributed by atoms with E-state index in [0.717, 1.165) is 24.6 Å². The molecule has 134 valence electrons. The molecule has 0 aromatic carbocycles. The van der Waals surface area contributed by atoms with Crippen LogP contribution in [0.5, 0.6) is 0 Å². The van der Waals surface area contributed by atoms with Crippen LogP contribution >= 0.6 is 11.3 Å². The number of rotatable bonds is 6. The lowest BCUT2D eigenvalue weighted by molar-refractivity contribution is -0.117. The van der Waals surface area contributed by atoms with E-state index in [4.69, 9.17) is 4.52 Å². The van der Waals surface area contributed by atoms with Crippen molar-refractivity contribution in [2.24, 2.45) is 5.41 Å². The number of nitrogens with one attached hydrogen (secondary N) is 2. The van der Waals surface area contributed by atoms with Crippen LogP contribution in [0.3, 0.4) is 0 Å². The number of aryl methyl sites for hydroxylation is 1. The van der Waals surface area contributed by atoms with Crippen LogP contribution in [-0.2, 0) is 11.3 Å². The molecular weight excluding hydrogens is 338 g/mol. The van der Waals surface area contributed by atoms with Crippen LogP contribution in [0.25, 0.3) is 0 Å². The topological polar surface area (TPSA) is 83.3 Å². The van der Waals surface area contributed by atoms with Gasteiger partial charge in [-0.25, -0.2) is 4.98 Å². The van der Waals surface area contributed by atoms with E-state index >= 15 is 0 Å². The molecular formula is C17H23N5O2S. The van der Waals surface area contributed by atoms with Crippen molar-refractivity contribution in [3.8, 4) is 0 Å². The number of thiazole rings is 1. The van der Waals surface area contributed by atoms with Gasteiger partial charge >= 0.3 is 0 Å². The quantitative estimate of drug-likeness (QED) is 0.819. The number of amides is 1. The Morgan fingerprint density at radius 2 is 2.36 bits per heavy atom. The lowest BCUT2D eigenvalue weighted by atomic mass is 9.93. The maximum atomic E-state index is 12.5. The Balaban J connectivity index is 1.43. The van der Waals surface area contributed by atoms with E-state index in [2.05, 4.69) is 25.7 Å². The first-order chi connectivity index (χ1) is 12.1. The monoisotopic (exact) mass is 361 g/mol. The van der Waals surface area contributed by atoms with E-state index in [1.807, 2.05) is 18.5 Å². The second-order valence-corrected chi connectivity index (χ2v) is 8.01. The van der Waals surface area contributed by atoms with Crippen LogP contribution in [0.4, 0.5) is 5.82 Å². The van der Waals surface area contributed by atoms with Crippen molar-refractivity contribution >= 4 is 23.1 Å². The molecule has 1 aliphatic carbocycles. The van der Waals surface area contributed by atoms with Crippen LogP contribution in [-0.4, -0.2) is 46.6 Å². The molecule has 1 spiro atoms. The van der Waals surface area contributed by atoms with Gasteiger partial charge in [0.05, 0.1) is 13.1 Å². The van der Waals surface area contributed by atoms with Crippen LogP contribution < -0.4 is 10.6 Å². The molecule has 1 saturated carbocycles. The zero-order chi connectivity index (χ0) is 17.3. The summed E-state index contributed by atoms with van der Waals surface area (Å²) in [6, 6.07) is 2.19. The fraction of sp³-hybridized carbons (Fsp3) is 0.588. The summed E-state index contributed by atoms with van der Waals surface area (Å²) < 4.78 is 5.01. The van der Waals surface area contributed by atoms with Gasteiger partial charge in [-0.15, -0.1) is 11.3 Å². The molecule has 2 aromatic heterocycles. The maximum Gasteiger partial charge on any atom is 0.239 e. The number of nitrogens with zero attached hydrogens (tertiary/aromatic N) is 3. The number of carbonyl (C=O) groups is 1. The summed E-state index contributed by atoms with van der Waals surface area (Å²) in [7, 11) is 0. The fourth-order valence-electron chi connectivity index (χ4n) is 3.88. The molecule has 2 N–H and O–H groups in total. The second kappa shape index (κ2) is 6.86. The minimum absolute atomic E-state index is 0.0548. The molecule has 7 nitrogen and oxygen atoms in total. The van der Waals surface area contributed by atoms with Crippen molar-refractivity contribution in [2.75, 3.05) is 25.0 Å². The standard InChI is InChI=1S/C17H23N5O2S/c1-12-8-14(21-24-12)20-15(23)10-22(11-16-19-6-7-25-16)13-9-17(13)2-4-18-5-3-17/h6-8,13,18H,2-5,9-11H2,1H3,(H,20,21,23)/t13-/m1/s1. The molecule has 4 rings (SSSR count). The highest BCUT2D eigenvalue weighted by atomic mass is 32.1. The van der Waals surface area contributed by atoms with Gasteiger partial charge < -0.3 is 15.2 Å².